The molecule has 36 heavy (non-hydrogen) atoms. The first kappa shape index (κ1) is 28.4. The number of hydrogen-bond donors (Lipinski definition) is 3. The molecule has 1 heterocycles. The lowest BCUT2D eigenvalue weighted by molar-refractivity contribution is 0.241. The molecule has 192 valence electrons. The minimum atomic E-state index is -0.443. The van der Waals surface area contributed by atoms with E-state index in [2.05, 4.69) is 85.9 Å². The average Bonchev–Trinajstić information content (AvgIpc) is 2.88. The molecule has 0 fully saturated rings. The van der Waals surface area contributed by atoms with Crippen molar-refractivity contribution < 1.29 is 9.53 Å². The van der Waals surface area contributed by atoms with Crippen molar-refractivity contribution >= 4 is 11.8 Å². The molecule has 0 saturated carbocycles. The highest BCUT2D eigenvalue weighted by Crippen LogP contribution is 2.38. The van der Waals surface area contributed by atoms with Gasteiger partial charge in [-0.1, -0.05) is 53.7 Å². The van der Waals surface area contributed by atoms with Crippen LogP contribution >= 0.6 is 0 Å². The third-order valence-corrected chi connectivity index (χ3v) is 6.66. The van der Waals surface area contributed by atoms with Gasteiger partial charge in [-0.3, -0.25) is 10.9 Å². The lowest BCUT2D eigenvalue weighted by atomic mass is 9.76. The lowest BCUT2D eigenvalue weighted by Crippen LogP contribution is -2.39. The fraction of sp³-hybridized carbons (Fsp3) is 0.519. The van der Waals surface area contributed by atoms with Gasteiger partial charge >= 0.3 is 6.03 Å². The average molecular weight is 492 g/mol. The normalized spacial score (nSPS) is 11.2. The molecule has 0 radical (unpaired) electrons. The summed E-state index contributed by atoms with van der Waals surface area (Å²) in [6, 6.07) is 9.71. The van der Waals surface area contributed by atoms with Gasteiger partial charge in [0, 0.05) is 12.1 Å². The van der Waals surface area contributed by atoms with Crippen LogP contribution in [0.15, 0.2) is 24.4 Å². The van der Waals surface area contributed by atoms with Crippen molar-refractivity contribution in [2.24, 2.45) is 0 Å². The van der Waals surface area contributed by atoms with Crippen LogP contribution in [0.2, 0.25) is 0 Å². The Hall–Kier alpha value is -3.85. The summed E-state index contributed by atoms with van der Waals surface area (Å²) in [6.07, 6.45) is 4.88. The van der Waals surface area contributed by atoms with Crippen LogP contribution in [0.25, 0.3) is 0 Å². The maximum atomic E-state index is 12.0. The summed E-state index contributed by atoms with van der Waals surface area (Å²) in [5.41, 5.74) is 7.50. The third-order valence-electron chi connectivity index (χ3n) is 6.66. The van der Waals surface area contributed by atoms with Crippen molar-refractivity contribution in [2.45, 2.75) is 78.1 Å². The minimum absolute atomic E-state index is 0.00905. The summed E-state index contributed by atoms with van der Waals surface area (Å²) >= 11 is 0. The Kier molecular flexibility index (Phi) is 10.0. The van der Waals surface area contributed by atoms with Gasteiger partial charge in [-0.25, -0.2) is 14.8 Å². The molecule has 1 aromatic heterocycles. The van der Waals surface area contributed by atoms with E-state index in [9.17, 15) is 4.79 Å². The van der Waals surface area contributed by atoms with Crippen molar-refractivity contribution in [2.75, 3.05) is 18.6 Å². The standard InChI is InChI=1S/C27H37N7O2/c1-7-26(3,4)19-11-12-23(20(15-19)27(5,6)8-2)36-14-10-9-13-30-25(35)34-33-24-18-31-21(16-28)22(17-29)32-24/h11-12,15,18H,7-10,13-14H2,1-6H3,(H,32,33)(H2,30,34,35). The van der Waals surface area contributed by atoms with Crippen LogP contribution in [0.5, 0.6) is 5.75 Å². The first-order valence-corrected chi connectivity index (χ1v) is 12.3. The van der Waals surface area contributed by atoms with E-state index in [-0.39, 0.29) is 28.0 Å². The fourth-order valence-electron chi connectivity index (χ4n) is 3.39. The Morgan fingerprint density at radius 2 is 1.72 bits per heavy atom. The van der Waals surface area contributed by atoms with E-state index in [4.69, 9.17) is 15.3 Å². The van der Waals surface area contributed by atoms with Gasteiger partial charge in [-0.05, 0) is 48.1 Å². The van der Waals surface area contributed by atoms with Crippen molar-refractivity contribution in [3.63, 3.8) is 0 Å². The van der Waals surface area contributed by atoms with E-state index in [0.717, 1.165) is 31.4 Å². The maximum Gasteiger partial charge on any atom is 0.333 e. The molecule has 0 bridgehead atoms. The van der Waals surface area contributed by atoms with Gasteiger partial charge in [-0.2, -0.15) is 10.5 Å². The Balaban J connectivity index is 1.81. The number of aromatic nitrogens is 2. The molecule has 9 heteroatoms. The molecule has 3 N–H and O–H groups in total. The molecule has 2 amide bonds. The summed E-state index contributed by atoms with van der Waals surface area (Å²) in [6.45, 7) is 14.5. The zero-order valence-electron chi connectivity index (χ0n) is 22.2. The van der Waals surface area contributed by atoms with Gasteiger partial charge in [0.25, 0.3) is 0 Å². The van der Waals surface area contributed by atoms with Crippen molar-refractivity contribution in [3.05, 3.63) is 46.9 Å². The fourth-order valence-corrected chi connectivity index (χ4v) is 3.39. The van der Waals surface area contributed by atoms with Crippen LogP contribution in [0, 0.1) is 22.7 Å². The highest BCUT2D eigenvalue weighted by atomic mass is 16.5. The maximum absolute atomic E-state index is 12.0. The number of urea groups is 1. The Morgan fingerprint density at radius 1 is 1.03 bits per heavy atom. The largest absolute Gasteiger partial charge is 0.493 e. The monoisotopic (exact) mass is 491 g/mol. The number of unbranched alkanes of at least 4 members (excludes halogenated alkanes) is 1. The van der Waals surface area contributed by atoms with E-state index < -0.39 is 6.03 Å². The second kappa shape index (κ2) is 12.7. The number of benzene rings is 1. The molecule has 0 aliphatic heterocycles. The highest BCUT2D eigenvalue weighted by Gasteiger charge is 2.26. The predicted octanol–water partition coefficient (Wildman–Crippen LogP) is 5.08. The number of nitrogens with one attached hydrogen (secondary N) is 3. The molecule has 1 aromatic carbocycles. The minimum Gasteiger partial charge on any atom is -0.493 e. The predicted molar refractivity (Wildman–Crippen MR) is 139 cm³/mol. The van der Waals surface area contributed by atoms with Crippen LogP contribution < -0.4 is 20.9 Å². The van der Waals surface area contributed by atoms with Crippen molar-refractivity contribution in [3.8, 4) is 17.9 Å². The van der Waals surface area contributed by atoms with Gasteiger partial charge < -0.3 is 10.1 Å². The van der Waals surface area contributed by atoms with Gasteiger partial charge in [0.2, 0.25) is 0 Å². The lowest BCUT2D eigenvalue weighted by Gasteiger charge is -2.30. The highest BCUT2D eigenvalue weighted by molar-refractivity contribution is 5.75. The summed E-state index contributed by atoms with van der Waals surface area (Å²) in [4.78, 5) is 19.7. The molecule has 0 unspecified atom stereocenters. The number of ether oxygens (including phenoxy) is 1. The second-order valence-corrected chi connectivity index (χ2v) is 9.92. The first-order valence-electron chi connectivity index (χ1n) is 12.3. The summed E-state index contributed by atoms with van der Waals surface area (Å²) in [5.74, 6) is 1.08. The Bertz CT molecular complexity index is 1130. The Morgan fingerprint density at radius 3 is 2.36 bits per heavy atom. The molecule has 9 nitrogen and oxygen atoms in total. The van der Waals surface area contributed by atoms with Crippen LogP contribution in [0.1, 0.15) is 89.7 Å². The molecular weight excluding hydrogens is 454 g/mol. The number of nitriles is 2. The molecule has 0 aliphatic rings. The number of carbonyl (C=O) groups is 1. The molecule has 0 saturated heterocycles. The summed E-state index contributed by atoms with van der Waals surface area (Å²) < 4.78 is 6.17. The number of amides is 2. The summed E-state index contributed by atoms with van der Waals surface area (Å²) in [7, 11) is 0. The quantitative estimate of drug-likeness (QED) is 0.278. The molecule has 0 aliphatic carbocycles. The van der Waals surface area contributed by atoms with E-state index in [1.54, 1.807) is 12.1 Å². The molecule has 2 aromatic rings. The third kappa shape index (κ3) is 7.58. The van der Waals surface area contributed by atoms with Gasteiger partial charge in [0.1, 0.15) is 17.9 Å². The number of hydrazine groups is 1. The molecular formula is C27H37N7O2. The topological polar surface area (TPSA) is 136 Å². The second-order valence-electron chi connectivity index (χ2n) is 9.92. The van der Waals surface area contributed by atoms with Crippen LogP contribution in [-0.4, -0.2) is 29.2 Å². The van der Waals surface area contributed by atoms with E-state index in [1.807, 2.05) is 0 Å². The number of nitrogens with zero attached hydrogens (tertiary/aromatic N) is 4. The molecule has 0 atom stereocenters. The first-order chi connectivity index (χ1) is 17.1. The van der Waals surface area contributed by atoms with Crippen molar-refractivity contribution in [1.82, 2.24) is 20.7 Å². The SMILES string of the molecule is CCC(C)(C)c1ccc(OCCCCNC(=O)NNc2cnc(C#N)c(C#N)n2)c(C(C)(C)CC)c1. The summed E-state index contributed by atoms with van der Waals surface area (Å²) in [5, 5.41) is 20.6. The number of hydrogen-bond acceptors (Lipinski definition) is 7. The van der Waals surface area contributed by atoms with Gasteiger partial charge in [0.05, 0.1) is 12.8 Å². The zero-order valence-corrected chi connectivity index (χ0v) is 22.2. The van der Waals surface area contributed by atoms with Crippen LogP contribution in [0.3, 0.4) is 0 Å². The van der Waals surface area contributed by atoms with Crippen LogP contribution in [0.4, 0.5) is 10.6 Å². The van der Waals surface area contributed by atoms with E-state index in [0.29, 0.717) is 13.2 Å². The Labute approximate surface area is 214 Å². The van der Waals surface area contributed by atoms with Crippen LogP contribution in [-0.2, 0) is 10.8 Å². The molecule has 0 spiro atoms. The van der Waals surface area contributed by atoms with E-state index >= 15 is 0 Å². The van der Waals surface area contributed by atoms with Crippen molar-refractivity contribution in [1.29, 1.82) is 10.5 Å². The smallest absolute Gasteiger partial charge is 0.333 e. The van der Waals surface area contributed by atoms with Gasteiger partial charge in [-0.15, -0.1) is 0 Å². The number of carbonyl (C=O) groups excluding carboxylic acids is 1. The van der Waals surface area contributed by atoms with Gasteiger partial charge in [0.15, 0.2) is 17.2 Å². The van der Waals surface area contributed by atoms with E-state index in [1.165, 1.54) is 17.3 Å². The number of anilines is 1. The number of rotatable bonds is 12. The zero-order chi connectivity index (χ0) is 26.8. The molecule has 2 rings (SSSR count).